The van der Waals surface area contributed by atoms with Crippen LogP contribution in [0.4, 0.5) is 0 Å². The minimum atomic E-state index is -0.0157. The van der Waals surface area contributed by atoms with E-state index >= 15 is 0 Å². The number of nitrogens with zero attached hydrogens (tertiary/aromatic N) is 1. The van der Waals surface area contributed by atoms with Crippen LogP contribution in [0.5, 0.6) is 11.6 Å². The summed E-state index contributed by atoms with van der Waals surface area (Å²) >= 11 is 3.38. The lowest BCUT2D eigenvalue weighted by Gasteiger charge is -2.07. The predicted molar refractivity (Wildman–Crippen MR) is 69.1 cm³/mol. The molecule has 0 fully saturated rings. The van der Waals surface area contributed by atoms with Crippen LogP contribution in [0.3, 0.4) is 0 Å². The van der Waals surface area contributed by atoms with Gasteiger partial charge >= 0.3 is 0 Å². The average Bonchev–Trinajstić information content (AvgIpc) is 2.28. The van der Waals surface area contributed by atoms with E-state index in [1.165, 1.54) is 0 Å². The maximum atomic E-state index is 9.11. The highest BCUT2D eigenvalue weighted by molar-refractivity contribution is 9.10. The van der Waals surface area contributed by atoms with Gasteiger partial charge in [-0.05, 0) is 36.8 Å². The van der Waals surface area contributed by atoms with E-state index in [0.717, 1.165) is 15.7 Å². The number of aromatic nitrogens is 1. The van der Waals surface area contributed by atoms with Gasteiger partial charge in [0.05, 0.1) is 6.61 Å². The van der Waals surface area contributed by atoms with Crippen molar-refractivity contribution in [2.75, 3.05) is 0 Å². The first-order valence-corrected chi connectivity index (χ1v) is 5.98. The average molecular weight is 294 g/mol. The maximum absolute atomic E-state index is 9.11. The molecule has 0 aliphatic carbocycles. The van der Waals surface area contributed by atoms with Crippen LogP contribution in [0.1, 0.15) is 11.3 Å². The molecule has 0 unspecified atom stereocenters. The van der Waals surface area contributed by atoms with Crippen molar-refractivity contribution in [3.05, 3.63) is 52.1 Å². The van der Waals surface area contributed by atoms with Crippen molar-refractivity contribution in [3.8, 4) is 11.6 Å². The van der Waals surface area contributed by atoms with Gasteiger partial charge in [-0.2, -0.15) is 0 Å². The summed E-state index contributed by atoms with van der Waals surface area (Å²) in [6.07, 6.45) is 0. The lowest BCUT2D eigenvalue weighted by Crippen LogP contribution is -1.93. The van der Waals surface area contributed by atoms with Gasteiger partial charge in [0.25, 0.3) is 0 Å². The van der Waals surface area contributed by atoms with Gasteiger partial charge in [-0.1, -0.05) is 22.0 Å². The van der Waals surface area contributed by atoms with E-state index in [2.05, 4.69) is 20.9 Å². The molecule has 0 saturated carbocycles. The molecule has 0 atom stereocenters. The van der Waals surface area contributed by atoms with Gasteiger partial charge in [-0.25, -0.2) is 4.98 Å². The van der Waals surface area contributed by atoms with Crippen LogP contribution in [0.2, 0.25) is 0 Å². The number of halogens is 1. The number of benzene rings is 1. The SMILES string of the molecule is Cc1cc(CO)cc(Oc2cccc(Br)c2)n1. The van der Waals surface area contributed by atoms with Crippen molar-refractivity contribution < 1.29 is 9.84 Å². The highest BCUT2D eigenvalue weighted by Crippen LogP contribution is 2.24. The maximum Gasteiger partial charge on any atom is 0.219 e. The zero-order valence-corrected chi connectivity index (χ0v) is 10.9. The lowest BCUT2D eigenvalue weighted by molar-refractivity contribution is 0.281. The second kappa shape index (κ2) is 5.29. The van der Waals surface area contributed by atoms with E-state index in [4.69, 9.17) is 9.84 Å². The zero-order chi connectivity index (χ0) is 12.3. The van der Waals surface area contributed by atoms with Crippen LogP contribution < -0.4 is 4.74 Å². The topological polar surface area (TPSA) is 42.4 Å². The molecule has 1 aromatic heterocycles. The summed E-state index contributed by atoms with van der Waals surface area (Å²) in [5, 5.41) is 9.11. The van der Waals surface area contributed by atoms with Crippen molar-refractivity contribution in [2.45, 2.75) is 13.5 Å². The van der Waals surface area contributed by atoms with Crippen LogP contribution in [-0.4, -0.2) is 10.1 Å². The zero-order valence-electron chi connectivity index (χ0n) is 9.35. The van der Waals surface area contributed by atoms with Crippen molar-refractivity contribution in [1.29, 1.82) is 0 Å². The monoisotopic (exact) mass is 293 g/mol. The Bertz CT molecular complexity index is 529. The number of aryl methyl sites for hydroxylation is 1. The fourth-order valence-corrected chi connectivity index (χ4v) is 1.88. The Morgan fingerprint density at radius 1 is 1.29 bits per heavy atom. The quantitative estimate of drug-likeness (QED) is 0.943. The molecule has 1 heterocycles. The summed E-state index contributed by atoms with van der Waals surface area (Å²) in [4.78, 5) is 4.26. The summed E-state index contributed by atoms with van der Waals surface area (Å²) < 4.78 is 6.58. The van der Waals surface area contributed by atoms with E-state index in [0.29, 0.717) is 11.6 Å². The van der Waals surface area contributed by atoms with Gasteiger partial charge in [0.1, 0.15) is 5.75 Å². The van der Waals surface area contributed by atoms with Gasteiger partial charge in [0.2, 0.25) is 5.88 Å². The Morgan fingerprint density at radius 2 is 2.12 bits per heavy atom. The minimum absolute atomic E-state index is 0.0157. The molecule has 88 valence electrons. The first kappa shape index (κ1) is 12.1. The van der Waals surface area contributed by atoms with Gasteiger partial charge in [0.15, 0.2) is 0 Å². The standard InChI is InChI=1S/C13H12BrNO2/c1-9-5-10(8-16)6-13(15-9)17-12-4-2-3-11(14)7-12/h2-7,16H,8H2,1H3. The number of aliphatic hydroxyl groups excluding tert-OH is 1. The van der Waals surface area contributed by atoms with Gasteiger partial charge in [-0.3, -0.25) is 0 Å². The Balaban J connectivity index is 2.26. The van der Waals surface area contributed by atoms with E-state index in [1.807, 2.05) is 37.3 Å². The molecule has 2 rings (SSSR count). The summed E-state index contributed by atoms with van der Waals surface area (Å²) in [6, 6.07) is 11.1. The molecule has 2 aromatic rings. The molecule has 1 N–H and O–H groups in total. The Kier molecular flexibility index (Phi) is 3.76. The largest absolute Gasteiger partial charge is 0.439 e. The molecule has 0 amide bonds. The number of aliphatic hydroxyl groups is 1. The number of ether oxygens (including phenoxy) is 1. The molecular weight excluding hydrogens is 282 g/mol. The van der Waals surface area contributed by atoms with E-state index in [-0.39, 0.29) is 6.61 Å². The van der Waals surface area contributed by atoms with Crippen LogP contribution in [0, 0.1) is 6.92 Å². The lowest BCUT2D eigenvalue weighted by atomic mass is 10.2. The van der Waals surface area contributed by atoms with Gasteiger partial charge in [-0.15, -0.1) is 0 Å². The van der Waals surface area contributed by atoms with Crippen LogP contribution in [0.25, 0.3) is 0 Å². The number of rotatable bonds is 3. The molecule has 0 aliphatic heterocycles. The van der Waals surface area contributed by atoms with Crippen LogP contribution in [-0.2, 0) is 6.61 Å². The molecule has 0 bridgehead atoms. The molecular formula is C13H12BrNO2. The highest BCUT2D eigenvalue weighted by Gasteiger charge is 2.02. The smallest absolute Gasteiger partial charge is 0.219 e. The minimum Gasteiger partial charge on any atom is -0.439 e. The summed E-state index contributed by atoms with van der Waals surface area (Å²) in [6.45, 7) is 1.85. The Hall–Kier alpha value is -1.39. The third-order valence-electron chi connectivity index (χ3n) is 2.19. The molecule has 0 aliphatic rings. The molecule has 17 heavy (non-hydrogen) atoms. The fraction of sp³-hybridized carbons (Fsp3) is 0.154. The van der Waals surface area contributed by atoms with E-state index in [9.17, 15) is 0 Å². The van der Waals surface area contributed by atoms with E-state index < -0.39 is 0 Å². The predicted octanol–water partition coefficient (Wildman–Crippen LogP) is 3.44. The van der Waals surface area contributed by atoms with Crippen LogP contribution >= 0.6 is 15.9 Å². The summed E-state index contributed by atoms with van der Waals surface area (Å²) in [5.74, 6) is 1.20. The Labute approximate surface area is 108 Å². The fourth-order valence-electron chi connectivity index (χ4n) is 1.50. The number of pyridine rings is 1. The number of hydrogen-bond donors (Lipinski definition) is 1. The van der Waals surface area contributed by atoms with Crippen molar-refractivity contribution in [3.63, 3.8) is 0 Å². The van der Waals surface area contributed by atoms with Crippen molar-refractivity contribution >= 4 is 15.9 Å². The van der Waals surface area contributed by atoms with Crippen molar-refractivity contribution in [2.24, 2.45) is 0 Å². The van der Waals surface area contributed by atoms with E-state index in [1.54, 1.807) is 6.07 Å². The second-order valence-electron chi connectivity index (χ2n) is 3.67. The summed E-state index contributed by atoms with van der Waals surface area (Å²) in [5.41, 5.74) is 1.61. The Morgan fingerprint density at radius 3 is 2.82 bits per heavy atom. The molecule has 4 heteroatoms. The molecule has 0 saturated heterocycles. The van der Waals surface area contributed by atoms with Gasteiger partial charge < -0.3 is 9.84 Å². The molecule has 0 radical (unpaired) electrons. The second-order valence-corrected chi connectivity index (χ2v) is 4.59. The summed E-state index contributed by atoms with van der Waals surface area (Å²) in [7, 11) is 0. The first-order valence-electron chi connectivity index (χ1n) is 5.19. The molecule has 0 spiro atoms. The highest BCUT2D eigenvalue weighted by atomic mass is 79.9. The van der Waals surface area contributed by atoms with Gasteiger partial charge in [0, 0.05) is 16.2 Å². The third-order valence-corrected chi connectivity index (χ3v) is 2.68. The first-order chi connectivity index (χ1) is 8.17. The normalized spacial score (nSPS) is 10.3. The third kappa shape index (κ3) is 3.28. The number of hydrogen-bond acceptors (Lipinski definition) is 3. The van der Waals surface area contributed by atoms with Crippen LogP contribution in [0.15, 0.2) is 40.9 Å². The van der Waals surface area contributed by atoms with Crippen molar-refractivity contribution in [1.82, 2.24) is 4.98 Å². The molecule has 3 nitrogen and oxygen atoms in total. The molecule has 1 aromatic carbocycles.